The summed E-state index contributed by atoms with van der Waals surface area (Å²) in [5.41, 5.74) is 9.81. The Hall–Kier alpha value is -1.19. The van der Waals surface area contributed by atoms with Crippen LogP contribution < -0.4 is 5.73 Å². The first-order valence-electron chi connectivity index (χ1n) is 6.31. The van der Waals surface area contributed by atoms with E-state index < -0.39 is 0 Å². The first-order valence-corrected chi connectivity index (χ1v) is 7.13. The van der Waals surface area contributed by atoms with Gasteiger partial charge in [0.2, 0.25) is 0 Å². The standard InChI is InChI=1S/C15H20N2S/c1-10-5-4-6-13(12(10)3)7-14-9-17-15(18-14)11(2)8-16/h4-6,9,11H,7-8,16H2,1-3H3. The van der Waals surface area contributed by atoms with Gasteiger partial charge in [-0.05, 0) is 30.5 Å². The number of hydrogen-bond acceptors (Lipinski definition) is 3. The highest BCUT2D eigenvalue weighted by Gasteiger charge is 2.10. The van der Waals surface area contributed by atoms with Crippen molar-refractivity contribution < 1.29 is 0 Å². The van der Waals surface area contributed by atoms with Crippen molar-refractivity contribution in [2.45, 2.75) is 33.1 Å². The van der Waals surface area contributed by atoms with Crippen LogP contribution in [0, 0.1) is 13.8 Å². The molecule has 0 radical (unpaired) electrons. The summed E-state index contributed by atoms with van der Waals surface area (Å²) in [6.07, 6.45) is 2.97. The highest BCUT2D eigenvalue weighted by Crippen LogP contribution is 2.24. The summed E-state index contributed by atoms with van der Waals surface area (Å²) in [4.78, 5) is 5.79. The van der Waals surface area contributed by atoms with Crippen molar-refractivity contribution in [3.63, 3.8) is 0 Å². The Bertz CT molecular complexity index is 531. The molecule has 0 bridgehead atoms. The molecule has 1 heterocycles. The largest absolute Gasteiger partial charge is 0.330 e. The van der Waals surface area contributed by atoms with Gasteiger partial charge >= 0.3 is 0 Å². The molecule has 2 N–H and O–H groups in total. The van der Waals surface area contributed by atoms with E-state index in [1.54, 1.807) is 11.3 Å². The molecule has 0 aliphatic heterocycles. The third kappa shape index (κ3) is 2.79. The number of aromatic nitrogens is 1. The lowest BCUT2D eigenvalue weighted by molar-refractivity contribution is 0.766. The average molecular weight is 260 g/mol. The minimum atomic E-state index is 0.363. The molecule has 2 rings (SSSR count). The summed E-state index contributed by atoms with van der Waals surface area (Å²) in [7, 11) is 0. The maximum atomic E-state index is 5.68. The number of nitrogens with two attached hydrogens (primary N) is 1. The van der Waals surface area contributed by atoms with Gasteiger partial charge in [0.1, 0.15) is 0 Å². The van der Waals surface area contributed by atoms with Gasteiger partial charge in [0.25, 0.3) is 0 Å². The Labute approximate surface area is 113 Å². The Kier molecular flexibility index (Phi) is 4.15. The molecule has 2 nitrogen and oxygen atoms in total. The summed E-state index contributed by atoms with van der Waals surface area (Å²) in [6.45, 7) is 7.14. The Morgan fingerprint density at radius 1 is 1.33 bits per heavy atom. The van der Waals surface area contributed by atoms with Gasteiger partial charge in [0.15, 0.2) is 0 Å². The molecule has 96 valence electrons. The van der Waals surface area contributed by atoms with Crippen molar-refractivity contribution in [3.05, 3.63) is 51.0 Å². The number of thiazole rings is 1. The lowest BCUT2D eigenvalue weighted by Gasteiger charge is -2.06. The van der Waals surface area contributed by atoms with Gasteiger partial charge < -0.3 is 5.73 Å². The van der Waals surface area contributed by atoms with Crippen molar-refractivity contribution in [1.82, 2.24) is 4.98 Å². The van der Waals surface area contributed by atoms with E-state index in [0.29, 0.717) is 12.5 Å². The van der Waals surface area contributed by atoms with Gasteiger partial charge in [-0.25, -0.2) is 4.98 Å². The molecule has 18 heavy (non-hydrogen) atoms. The van der Waals surface area contributed by atoms with Gasteiger partial charge in [0.05, 0.1) is 5.01 Å². The topological polar surface area (TPSA) is 38.9 Å². The van der Waals surface area contributed by atoms with Crippen LogP contribution in [0.15, 0.2) is 24.4 Å². The molecular weight excluding hydrogens is 240 g/mol. The molecule has 3 heteroatoms. The molecule has 1 unspecified atom stereocenters. The van der Waals surface area contributed by atoms with Crippen molar-refractivity contribution in [2.24, 2.45) is 5.73 Å². The normalized spacial score (nSPS) is 12.7. The molecule has 1 aromatic carbocycles. The number of aryl methyl sites for hydroxylation is 1. The monoisotopic (exact) mass is 260 g/mol. The lowest BCUT2D eigenvalue weighted by atomic mass is 10.0. The van der Waals surface area contributed by atoms with Gasteiger partial charge in [-0.1, -0.05) is 25.1 Å². The predicted molar refractivity (Wildman–Crippen MR) is 78.3 cm³/mol. The van der Waals surface area contributed by atoms with Crippen LogP contribution in [0.4, 0.5) is 0 Å². The minimum Gasteiger partial charge on any atom is -0.330 e. The highest BCUT2D eigenvalue weighted by molar-refractivity contribution is 7.11. The van der Waals surface area contributed by atoms with Crippen LogP contribution in [-0.4, -0.2) is 11.5 Å². The van der Waals surface area contributed by atoms with E-state index >= 15 is 0 Å². The average Bonchev–Trinajstić information content (AvgIpc) is 2.82. The lowest BCUT2D eigenvalue weighted by Crippen LogP contribution is -2.08. The van der Waals surface area contributed by atoms with E-state index in [-0.39, 0.29) is 0 Å². The maximum absolute atomic E-state index is 5.68. The van der Waals surface area contributed by atoms with Crippen LogP contribution in [-0.2, 0) is 6.42 Å². The van der Waals surface area contributed by atoms with Crippen molar-refractivity contribution in [3.8, 4) is 0 Å². The molecule has 0 saturated carbocycles. The molecule has 0 fully saturated rings. The zero-order valence-electron chi connectivity index (χ0n) is 11.2. The summed E-state index contributed by atoms with van der Waals surface area (Å²) in [6, 6.07) is 6.49. The highest BCUT2D eigenvalue weighted by atomic mass is 32.1. The van der Waals surface area contributed by atoms with E-state index in [4.69, 9.17) is 5.73 Å². The molecular formula is C15H20N2S. The SMILES string of the molecule is Cc1cccc(Cc2cnc(C(C)CN)s2)c1C. The third-order valence-corrected chi connectivity index (χ3v) is 4.66. The van der Waals surface area contributed by atoms with E-state index in [9.17, 15) is 0 Å². The van der Waals surface area contributed by atoms with Crippen molar-refractivity contribution in [1.29, 1.82) is 0 Å². The minimum absolute atomic E-state index is 0.363. The Morgan fingerprint density at radius 3 is 2.83 bits per heavy atom. The van der Waals surface area contributed by atoms with Crippen molar-refractivity contribution in [2.75, 3.05) is 6.54 Å². The molecule has 0 amide bonds. The molecule has 1 atom stereocenters. The molecule has 0 spiro atoms. The Balaban J connectivity index is 2.19. The fourth-order valence-electron chi connectivity index (χ4n) is 1.92. The van der Waals surface area contributed by atoms with Crippen LogP contribution in [0.2, 0.25) is 0 Å². The number of nitrogens with zero attached hydrogens (tertiary/aromatic N) is 1. The summed E-state index contributed by atoms with van der Waals surface area (Å²) in [5, 5.41) is 1.15. The van der Waals surface area contributed by atoms with Gasteiger partial charge in [-0.2, -0.15) is 0 Å². The van der Waals surface area contributed by atoms with Crippen LogP contribution in [0.25, 0.3) is 0 Å². The quantitative estimate of drug-likeness (QED) is 0.915. The first-order chi connectivity index (χ1) is 8.61. The summed E-state index contributed by atoms with van der Waals surface area (Å²) < 4.78 is 0. The molecule has 0 saturated heterocycles. The zero-order chi connectivity index (χ0) is 13.1. The second-order valence-electron chi connectivity index (χ2n) is 4.84. The van der Waals surface area contributed by atoms with Gasteiger partial charge in [-0.15, -0.1) is 11.3 Å². The molecule has 0 aliphatic carbocycles. The molecule has 2 aromatic rings. The van der Waals surface area contributed by atoms with E-state index in [1.807, 2.05) is 6.20 Å². The van der Waals surface area contributed by atoms with E-state index in [2.05, 4.69) is 44.0 Å². The fourth-order valence-corrected chi connectivity index (χ4v) is 2.93. The number of benzene rings is 1. The van der Waals surface area contributed by atoms with E-state index in [1.165, 1.54) is 21.6 Å². The number of hydrogen-bond donors (Lipinski definition) is 1. The van der Waals surface area contributed by atoms with Gasteiger partial charge in [-0.3, -0.25) is 0 Å². The summed E-state index contributed by atoms with van der Waals surface area (Å²) >= 11 is 1.78. The fraction of sp³-hybridized carbons (Fsp3) is 0.400. The first kappa shape index (κ1) is 13.2. The second kappa shape index (κ2) is 5.63. The summed E-state index contributed by atoms with van der Waals surface area (Å²) in [5.74, 6) is 0.363. The van der Waals surface area contributed by atoms with Crippen molar-refractivity contribution >= 4 is 11.3 Å². The smallest absolute Gasteiger partial charge is 0.0968 e. The predicted octanol–water partition coefficient (Wildman–Crippen LogP) is 3.41. The molecule has 0 aliphatic rings. The molecule has 1 aromatic heterocycles. The number of rotatable bonds is 4. The van der Waals surface area contributed by atoms with Crippen LogP contribution in [0.1, 0.15) is 39.4 Å². The zero-order valence-corrected chi connectivity index (χ0v) is 12.1. The van der Waals surface area contributed by atoms with Crippen LogP contribution >= 0.6 is 11.3 Å². The van der Waals surface area contributed by atoms with Gasteiger partial charge in [0, 0.05) is 30.0 Å². The second-order valence-corrected chi connectivity index (χ2v) is 5.98. The van der Waals surface area contributed by atoms with Crippen LogP contribution in [0.5, 0.6) is 0 Å². The maximum Gasteiger partial charge on any atom is 0.0968 e. The van der Waals surface area contributed by atoms with Crippen LogP contribution in [0.3, 0.4) is 0 Å². The third-order valence-electron chi connectivity index (χ3n) is 3.43. The Morgan fingerprint density at radius 2 is 2.11 bits per heavy atom. The van der Waals surface area contributed by atoms with E-state index in [0.717, 1.165) is 11.4 Å².